The Morgan fingerprint density at radius 2 is 2.08 bits per heavy atom. The molecule has 0 spiro atoms. The smallest absolute Gasteiger partial charge is 0.159 e. The Morgan fingerprint density at radius 1 is 1.46 bits per heavy atom. The average Bonchev–Trinajstić information content (AvgIpc) is 2.09. The molecular weight excluding hydrogens is 167 g/mol. The lowest BCUT2D eigenvalue weighted by Gasteiger charge is -2.05. The van der Waals surface area contributed by atoms with Crippen molar-refractivity contribution in [2.75, 3.05) is 0 Å². The van der Waals surface area contributed by atoms with Gasteiger partial charge in [-0.2, -0.15) is 0 Å². The Morgan fingerprint density at radius 3 is 2.54 bits per heavy atom. The fraction of sp³-hybridized carbons (Fsp3) is 0.364. The van der Waals surface area contributed by atoms with Crippen LogP contribution in [0.25, 0.3) is 0 Å². The fourth-order valence-electron chi connectivity index (χ4n) is 1.30. The summed E-state index contributed by atoms with van der Waals surface area (Å²) in [6.45, 7) is 5.05. The molecule has 0 saturated carbocycles. The number of carbonyl (C=O) groups excluding carboxylic acids is 1. The molecule has 0 aliphatic carbocycles. The minimum Gasteiger partial charge on any atom is -0.295 e. The highest BCUT2D eigenvalue weighted by atomic mass is 19.1. The Balaban J connectivity index is 3.30. The van der Waals surface area contributed by atoms with Gasteiger partial charge in [-0.1, -0.05) is 6.92 Å². The highest BCUT2D eigenvalue weighted by molar-refractivity contribution is 5.94. The van der Waals surface area contributed by atoms with E-state index in [1.54, 1.807) is 19.1 Å². The van der Waals surface area contributed by atoms with Gasteiger partial charge in [-0.25, -0.2) is 4.39 Å². The standard InChI is InChI=1S/C11H13FO/c1-4-9-6-10(8(3)13)5-7(2)11(9)12/h5-6H,4H2,1-3H3. The number of hydrogen-bond acceptors (Lipinski definition) is 1. The highest BCUT2D eigenvalue weighted by Crippen LogP contribution is 2.16. The zero-order valence-corrected chi connectivity index (χ0v) is 8.15. The van der Waals surface area contributed by atoms with Gasteiger partial charge in [0.2, 0.25) is 0 Å². The van der Waals surface area contributed by atoms with Crippen LogP contribution in [0, 0.1) is 12.7 Å². The third kappa shape index (κ3) is 1.94. The second-order valence-corrected chi connectivity index (χ2v) is 3.18. The van der Waals surface area contributed by atoms with E-state index in [0.29, 0.717) is 23.1 Å². The van der Waals surface area contributed by atoms with E-state index in [2.05, 4.69) is 0 Å². The molecule has 0 unspecified atom stereocenters. The number of Topliss-reactive ketones (excluding diaryl/α,β-unsaturated/α-hetero) is 1. The Kier molecular flexibility index (Phi) is 2.81. The van der Waals surface area contributed by atoms with E-state index in [1.165, 1.54) is 6.92 Å². The van der Waals surface area contributed by atoms with Crippen LogP contribution in [0.5, 0.6) is 0 Å². The van der Waals surface area contributed by atoms with E-state index in [9.17, 15) is 9.18 Å². The van der Waals surface area contributed by atoms with Crippen molar-refractivity contribution in [1.29, 1.82) is 0 Å². The summed E-state index contributed by atoms with van der Waals surface area (Å²) in [5.74, 6) is -0.203. The van der Waals surface area contributed by atoms with Crippen molar-refractivity contribution < 1.29 is 9.18 Å². The van der Waals surface area contributed by atoms with E-state index < -0.39 is 0 Å². The SMILES string of the molecule is CCc1cc(C(C)=O)cc(C)c1F. The van der Waals surface area contributed by atoms with Crippen molar-refractivity contribution in [3.8, 4) is 0 Å². The number of benzene rings is 1. The number of hydrogen-bond donors (Lipinski definition) is 0. The normalized spacial score (nSPS) is 10.2. The van der Waals surface area contributed by atoms with Gasteiger partial charge in [-0.05, 0) is 43.5 Å². The largest absolute Gasteiger partial charge is 0.295 e. The predicted octanol–water partition coefficient (Wildman–Crippen LogP) is 2.90. The molecule has 1 aromatic rings. The summed E-state index contributed by atoms with van der Waals surface area (Å²) in [6.07, 6.45) is 0.619. The molecule has 0 fully saturated rings. The predicted molar refractivity (Wildman–Crippen MR) is 50.5 cm³/mol. The summed E-state index contributed by atoms with van der Waals surface area (Å²) in [4.78, 5) is 11.1. The molecule has 0 amide bonds. The molecule has 0 heterocycles. The Bertz CT molecular complexity index is 342. The Labute approximate surface area is 77.6 Å². The maximum atomic E-state index is 13.3. The van der Waals surface area contributed by atoms with Crippen molar-refractivity contribution in [2.24, 2.45) is 0 Å². The van der Waals surface area contributed by atoms with Crippen LogP contribution in [-0.4, -0.2) is 5.78 Å². The first-order valence-corrected chi connectivity index (χ1v) is 4.36. The van der Waals surface area contributed by atoms with Crippen LogP contribution in [0.15, 0.2) is 12.1 Å². The lowest BCUT2D eigenvalue weighted by molar-refractivity contribution is 0.101. The van der Waals surface area contributed by atoms with Gasteiger partial charge in [0.15, 0.2) is 5.78 Å². The van der Waals surface area contributed by atoms with E-state index >= 15 is 0 Å². The van der Waals surface area contributed by atoms with E-state index in [1.807, 2.05) is 6.92 Å². The van der Waals surface area contributed by atoms with E-state index in [4.69, 9.17) is 0 Å². The first kappa shape index (κ1) is 9.90. The van der Waals surface area contributed by atoms with Gasteiger partial charge in [-0.15, -0.1) is 0 Å². The molecule has 70 valence electrons. The maximum absolute atomic E-state index is 13.3. The van der Waals surface area contributed by atoms with Gasteiger partial charge in [0.1, 0.15) is 5.82 Å². The van der Waals surface area contributed by atoms with Crippen LogP contribution in [0.3, 0.4) is 0 Å². The lowest BCUT2D eigenvalue weighted by atomic mass is 10.0. The average molecular weight is 180 g/mol. The Hall–Kier alpha value is -1.18. The molecule has 0 saturated heterocycles. The molecular formula is C11H13FO. The molecule has 1 aromatic carbocycles. The fourth-order valence-corrected chi connectivity index (χ4v) is 1.30. The third-order valence-electron chi connectivity index (χ3n) is 2.12. The van der Waals surface area contributed by atoms with Gasteiger partial charge in [-0.3, -0.25) is 4.79 Å². The van der Waals surface area contributed by atoms with Crippen LogP contribution in [0.2, 0.25) is 0 Å². The van der Waals surface area contributed by atoms with Crippen molar-refractivity contribution >= 4 is 5.78 Å². The van der Waals surface area contributed by atoms with Crippen molar-refractivity contribution in [3.05, 3.63) is 34.6 Å². The summed E-state index contributed by atoms with van der Waals surface area (Å²) in [6, 6.07) is 3.22. The zero-order chi connectivity index (χ0) is 10.0. The van der Waals surface area contributed by atoms with Crippen molar-refractivity contribution in [1.82, 2.24) is 0 Å². The quantitative estimate of drug-likeness (QED) is 0.639. The number of carbonyl (C=O) groups is 1. The van der Waals surface area contributed by atoms with Gasteiger partial charge in [0, 0.05) is 5.56 Å². The maximum Gasteiger partial charge on any atom is 0.159 e. The topological polar surface area (TPSA) is 17.1 Å². The minimum absolute atomic E-state index is 0.0159. The monoisotopic (exact) mass is 180 g/mol. The number of aryl methyl sites for hydroxylation is 2. The minimum atomic E-state index is -0.187. The van der Waals surface area contributed by atoms with Crippen LogP contribution in [-0.2, 0) is 6.42 Å². The van der Waals surface area contributed by atoms with Gasteiger partial charge >= 0.3 is 0 Å². The molecule has 1 nitrogen and oxygen atoms in total. The number of halogens is 1. The van der Waals surface area contributed by atoms with Crippen LogP contribution in [0.1, 0.15) is 35.3 Å². The molecule has 2 heteroatoms. The summed E-state index contributed by atoms with van der Waals surface area (Å²) in [5, 5.41) is 0. The van der Waals surface area contributed by atoms with E-state index in [-0.39, 0.29) is 11.6 Å². The van der Waals surface area contributed by atoms with Crippen LogP contribution in [0.4, 0.5) is 4.39 Å². The molecule has 0 aliphatic heterocycles. The van der Waals surface area contributed by atoms with Crippen molar-refractivity contribution in [3.63, 3.8) is 0 Å². The lowest BCUT2D eigenvalue weighted by Crippen LogP contribution is -1.99. The molecule has 0 bridgehead atoms. The van der Waals surface area contributed by atoms with Crippen LogP contribution >= 0.6 is 0 Å². The summed E-state index contributed by atoms with van der Waals surface area (Å²) in [7, 11) is 0. The van der Waals surface area contributed by atoms with Crippen molar-refractivity contribution in [2.45, 2.75) is 27.2 Å². The molecule has 0 aliphatic rings. The molecule has 0 radical (unpaired) electrons. The molecule has 0 aromatic heterocycles. The van der Waals surface area contributed by atoms with Crippen LogP contribution < -0.4 is 0 Å². The number of ketones is 1. The molecule has 1 rings (SSSR count). The molecule has 0 atom stereocenters. The first-order chi connectivity index (χ1) is 6.06. The second kappa shape index (κ2) is 3.69. The second-order valence-electron chi connectivity index (χ2n) is 3.18. The number of rotatable bonds is 2. The van der Waals surface area contributed by atoms with Gasteiger partial charge in [0.25, 0.3) is 0 Å². The third-order valence-corrected chi connectivity index (χ3v) is 2.12. The summed E-state index contributed by atoms with van der Waals surface area (Å²) in [5.41, 5.74) is 1.76. The first-order valence-electron chi connectivity index (χ1n) is 4.36. The van der Waals surface area contributed by atoms with Gasteiger partial charge in [0.05, 0.1) is 0 Å². The van der Waals surface area contributed by atoms with Gasteiger partial charge < -0.3 is 0 Å². The van der Waals surface area contributed by atoms with E-state index in [0.717, 1.165) is 0 Å². The summed E-state index contributed by atoms with van der Waals surface area (Å²) < 4.78 is 13.3. The highest BCUT2D eigenvalue weighted by Gasteiger charge is 2.08. The molecule has 0 N–H and O–H groups in total. The zero-order valence-electron chi connectivity index (χ0n) is 8.15. The summed E-state index contributed by atoms with van der Waals surface area (Å²) >= 11 is 0. The molecule has 13 heavy (non-hydrogen) atoms.